The molecule has 0 unspecified atom stereocenters. The first-order valence-electron chi connectivity index (χ1n) is 9.34. The molecule has 6 heteroatoms. The van der Waals surface area contributed by atoms with Gasteiger partial charge in [0.15, 0.2) is 0 Å². The zero-order valence-corrected chi connectivity index (χ0v) is 17.1. The Kier molecular flexibility index (Phi) is 4.78. The number of piperidine rings is 1. The van der Waals surface area contributed by atoms with Gasteiger partial charge < -0.3 is 9.64 Å². The number of likely N-dealkylation sites (tertiary alicyclic amines) is 1. The number of fused-ring (bicyclic) bond motifs is 1. The van der Waals surface area contributed by atoms with Gasteiger partial charge in [0.05, 0.1) is 12.5 Å². The van der Waals surface area contributed by atoms with E-state index in [1.165, 1.54) is 0 Å². The van der Waals surface area contributed by atoms with Gasteiger partial charge in [-0.3, -0.25) is 9.36 Å². The predicted molar refractivity (Wildman–Crippen MR) is 111 cm³/mol. The summed E-state index contributed by atoms with van der Waals surface area (Å²) in [6.07, 6.45) is 1.98. The van der Waals surface area contributed by atoms with Crippen LogP contribution < -0.4 is 10.3 Å². The smallest absolute Gasteiger partial charge is 0.263 e. The lowest BCUT2D eigenvalue weighted by Crippen LogP contribution is -2.36. The van der Waals surface area contributed by atoms with E-state index in [1.54, 1.807) is 18.4 Å². The Morgan fingerprint density at radius 1 is 1.22 bits per heavy atom. The average Bonchev–Trinajstić information content (AvgIpc) is 2.99. The fraction of sp³-hybridized carbons (Fsp3) is 0.429. The molecule has 0 atom stereocenters. The topological polar surface area (TPSA) is 47.4 Å². The summed E-state index contributed by atoms with van der Waals surface area (Å²) in [6, 6.07) is 8.15. The van der Waals surface area contributed by atoms with Crippen LogP contribution in [-0.4, -0.2) is 41.7 Å². The van der Waals surface area contributed by atoms with Crippen LogP contribution in [0.2, 0.25) is 0 Å². The summed E-state index contributed by atoms with van der Waals surface area (Å²) in [7, 11) is 3.80. The zero-order valence-electron chi connectivity index (χ0n) is 16.3. The third-order valence-corrected chi connectivity index (χ3v) is 6.52. The summed E-state index contributed by atoms with van der Waals surface area (Å²) in [6.45, 7) is 6.05. The Bertz CT molecular complexity index is 1050. The molecule has 1 fully saturated rings. The molecular weight excluding hydrogens is 358 g/mol. The Hall–Kier alpha value is -2.18. The van der Waals surface area contributed by atoms with Gasteiger partial charge in [-0.2, -0.15) is 0 Å². The maximum Gasteiger partial charge on any atom is 0.263 e. The van der Waals surface area contributed by atoms with Crippen molar-refractivity contribution < 1.29 is 4.74 Å². The number of hydrogen-bond donors (Lipinski definition) is 0. The summed E-state index contributed by atoms with van der Waals surface area (Å²) in [5.74, 6) is 1.61. The Labute approximate surface area is 163 Å². The van der Waals surface area contributed by atoms with Crippen LogP contribution in [0.3, 0.4) is 0 Å². The van der Waals surface area contributed by atoms with Crippen LogP contribution in [0.1, 0.15) is 29.6 Å². The van der Waals surface area contributed by atoms with E-state index in [-0.39, 0.29) is 11.6 Å². The molecule has 0 saturated carbocycles. The summed E-state index contributed by atoms with van der Waals surface area (Å²) in [4.78, 5) is 22.7. The third-order valence-electron chi connectivity index (χ3n) is 5.52. The Morgan fingerprint density at radius 2 is 1.96 bits per heavy atom. The Morgan fingerprint density at radius 3 is 2.67 bits per heavy atom. The molecule has 1 aliphatic rings. The SMILES string of the molecule is COc1cccc(-c2c(C)sc3nc(C)n(C4CCN(C)CC4)c(=O)c23)c1. The van der Waals surface area contributed by atoms with Crippen LogP contribution in [0.5, 0.6) is 5.75 Å². The molecule has 1 aliphatic heterocycles. The van der Waals surface area contributed by atoms with E-state index in [2.05, 4.69) is 18.9 Å². The van der Waals surface area contributed by atoms with E-state index < -0.39 is 0 Å². The molecule has 3 aromatic rings. The monoisotopic (exact) mass is 383 g/mol. The van der Waals surface area contributed by atoms with E-state index in [1.807, 2.05) is 35.8 Å². The Balaban J connectivity index is 1.92. The lowest BCUT2D eigenvalue weighted by molar-refractivity contribution is 0.216. The van der Waals surface area contributed by atoms with Crippen molar-refractivity contribution in [2.24, 2.45) is 0 Å². The molecule has 0 spiro atoms. The summed E-state index contributed by atoms with van der Waals surface area (Å²) >= 11 is 1.60. The van der Waals surface area contributed by atoms with Crippen LogP contribution in [0, 0.1) is 13.8 Å². The van der Waals surface area contributed by atoms with E-state index in [9.17, 15) is 4.79 Å². The first-order valence-corrected chi connectivity index (χ1v) is 10.2. The number of nitrogens with zero attached hydrogens (tertiary/aromatic N) is 3. The van der Waals surface area contributed by atoms with Crippen molar-refractivity contribution in [3.63, 3.8) is 0 Å². The first-order chi connectivity index (χ1) is 13.0. The normalized spacial score (nSPS) is 16.1. The number of ether oxygens (including phenoxy) is 1. The van der Waals surface area contributed by atoms with Crippen LogP contribution in [0.15, 0.2) is 29.1 Å². The maximum atomic E-state index is 13.6. The third kappa shape index (κ3) is 3.17. The molecule has 0 aliphatic carbocycles. The van der Waals surface area contributed by atoms with Crippen LogP contribution >= 0.6 is 11.3 Å². The number of aromatic nitrogens is 2. The molecule has 0 radical (unpaired) electrons. The molecule has 5 nitrogen and oxygen atoms in total. The number of hydrogen-bond acceptors (Lipinski definition) is 5. The summed E-state index contributed by atoms with van der Waals surface area (Å²) < 4.78 is 7.32. The predicted octanol–water partition coefficient (Wildman–Crippen LogP) is 4.02. The van der Waals surface area contributed by atoms with Crippen molar-refractivity contribution in [2.45, 2.75) is 32.7 Å². The lowest BCUT2D eigenvalue weighted by atomic mass is 10.0. The molecule has 0 amide bonds. The quantitative estimate of drug-likeness (QED) is 0.685. The molecule has 0 N–H and O–H groups in total. The van der Waals surface area contributed by atoms with Gasteiger partial charge >= 0.3 is 0 Å². The number of thiophene rings is 1. The zero-order chi connectivity index (χ0) is 19.1. The van der Waals surface area contributed by atoms with E-state index in [4.69, 9.17) is 9.72 Å². The number of aryl methyl sites for hydroxylation is 2. The minimum atomic E-state index is 0.0919. The number of methoxy groups -OCH3 is 1. The number of benzene rings is 1. The van der Waals surface area contributed by atoms with Gasteiger partial charge in [-0.1, -0.05) is 12.1 Å². The molecule has 0 bridgehead atoms. The lowest BCUT2D eigenvalue weighted by Gasteiger charge is -2.31. The molecule has 1 saturated heterocycles. The summed E-state index contributed by atoms with van der Waals surface area (Å²) in [5.41, 5.74) is 2.10. The highest BCUT2D eigenvalue weighted by Crippen LogP contribution is 2.37. The second-order valence-electron chi connectivity index (χ2n) is 7.31. The van der Waals surface area contributed by atoms with E-state index in [0.717, 1.165) is 63.7 Å². The van der Waals surface area contributed by atoms with Crippen molar-refractivity contribution in [3.8, 4) is 16.9 Å². The van der Waals surface area contributed by atoms with Gasteiger partial charge in [-0.25, -0.2) is 4.98 Å². The van der Waals surface area contributed by atoms with Gasteiger partial charge in [0.2, 0.25) is 0 Å². The van der Waals surface area contributed by atoms with Crippen molar-refractivity contribution >= 4 is 21.6 Å². The fourth-order valence-electron chi connectivity index (χ4n) is 4.08. The maximum absolute atomic E-state index is 13.6. The van der Waals surface area contributed by atoms with Crippen molar-refractivity contribution in [2.75, 3.05) is 27.2 Å². The van der Waals surface area contributed by atoms with Gasteiger partial charge in [0.1, 0.15) is 16.4 Å². The first kappa shape index (κ1) is 18.2. The van der Waals surface area contributed by atoms with Crippen molar-refractivity contribution in [3.05, 3.63) is 45.3 Å². The van der Waals surface area contributed by atoms with E-state index >= 15 is 0 Å². The van der Waals surface area contributed by atoms with Crippen molar-refractivity contribution in [1.29, 1.82) is 0 Å². The van der Waals surface area contributed by atoms with Gasteiger partial charge in [-0.05, 0) is 64.5 Å². The van der Waals surface area contributed by atoms with Crippen LogP contribution in [0.4, 0.5) is 0 Å². The van der Waals surface area contributed by atoms with E-state index in [0.29, 0.717) is 0 Å². The minimum Gasteiger partial charge on any atom is -0.497 e. The second kappa shape index (κ2) is 7.09. The highest BCUT2D eigenvalue weighted by atomic mass is 32.1. The van der Waals surface area contributed by atoms with Gasteiger partial charge in [-0.15, -0.1) is 11.3 Å². The molecule has 2 aromatic heterocycles. The molecule has 4 rings (SSSR count). The number of rotatable bonds is 3. The van der Waals surface area contributed by atoms with Crippen LogP contribution in [-0.2, 0) is 0 Å². The van der Waals surface area contributed by atoms with Gasteiger partial charge in [0.25, 0.3) is 5.56 Å². The largest absolute Gasteiger partial charge is 0.497 e. The standard InChI is InChI=1S/C21H25N3O2S/c1-13-18(15-6-5-7-17(12-15)26-4)19-20(27-13)22-14(2)24(21(19)25)16-8-10-23(3)11-9-16/h5-7,12,16H,8-11H2,1-4H3. The van der Waals surface area contributed by atoms with Crippen molar-refractivity contribution in [1.82, 2.24) is 14.5 Å². The molecule has 142 valence electrons. The highest BCUT2D eigenvalue weighted by Gasteiger charge is 2.25. The molecular formula is C21H25N3O2S. The molecule has 1 aromatic carbocycles. The van der Waals surface area contributed by atoms with Gasteiger partial charge in [0, 0.05) is 16.5 Å². The second-order valence-corrected chi connectivity index (χ2v) is 8.52. The fourth-order valence-corrected chi connectivity index (χ4v) is 5.17. The summed E-state index contributed by atoms with van der Waals surface area (Å²) in [5, 5.41) is 0.746. The molecule has 3 heterocycles. The minimum absolute atomic E-state index is 0.0919. The van der Waals surface area contributed by atoms with Crippen LogP contribution in [0.25, 0.3) is 21.3 Å². The molecule has 27 heavy (non-hydrogen) atoms. The average molecular weight is 384 g/mol. The highest BCUT2D eigenvalue weighted by molar-refractivity contribution is 7.19.